The van der Waals surface area contributed by atoms with E-state index in [9.17, 15) is 4.79 Å². The number of methoxy groups -OCH3 is 1. The Kier molecular flexibility index (Phi) is 3.47. The first-order chi connectivity index (χ1) is 12.6. The minimum absolute atomic E-state index is 0.0100. The summed E-state index contributed by atoms with van der Waals surface area (Å²) < 4.78 is 22.7. The predicted molar refractivity (Wildman–Crippen MR) is 93.2 cm³/mol. The van der Waals surface area contributed by atoms with Crippen LogP contribution in [-0.2, 0) is 20.7 Å². The molecule has 0 radical (unpaired) electrons. The Hall–Kier alpha value is -2.21. The molecule has 0 N–H and O–H groups in total. The summed E-state index contributed by atoms with van der Waals surface area (Å²) in [5, 5.41) is 0. The first-order valence-electron chi connectivity index (χ1n) is 9.24. The van der Waals surface area contributed by atoms with Gasteiger partial charge in [-0.2, -0.15) is 0 Å². The molecule has 4 aliphatic rings. The van der Waals surface area contributed by atoms with Gasteiger partial charge in [-0.25, -0.2) is 0 Å². The summed E-state index contributed by atoms with van der Waals surface area (Å²) in [6.45, 7) is 3.75. The van der Waals surface area contributed by atoms with Crippen molar-refractivity contribution in [1.29, 1.82) is 0 Å². The number of rotatable bonds is 2. The second-order valence-electron chi connectivity index (χ2n) is 7.49. The van der Waals surface area contributed by atoms with Crippen LogP contribution in [0, 0.1) is 0 Å². The van der Waals surface area contributed by atoms with Crippen molar-refractivity contribution in [2.24, 2.45) is 0 Å². The van der Waals surface area contributed by atoms with E-state index in [1.54, 1.807) is 7.11 Å². The third kappa shape index (κ3) is 2.11. The highest BCUT2D eigenvalue weighted by molar-refractivity contribution is 5.67. The maximum Gasteiger partial charge on any atom is 0.303 e. The summed E-state index contributed by atoms with van der Waals surface area (Å²) in [7, 11) is 1.66. The topological polar surface area (TPSA) is 57.2 Å². The van der Waals surface area contributed by atoms with Crippen molar-refractivity contribution >= 4 is 5.97 Å². The first-order valence-corrected chi connectivity index (χ1v) is 9.24. The number of esters is 1. The van der Waals surface area contributed by atoms with Gasteiger partial charge >= 0.3 is 5.97 Å². The van der Waals surface area contributed by atoms with E-state index in [0.29, 0.717) is 0 Å². The molecule has 3 atom stereocenters. The molecule has 1 aromatic rings. The van der Waals surface area contributed by atoms with Gasteiger partial charge in [0.1, 0.15) is 5.76 Å². The lowest BCUT2D eigenvalue weighted by Crippen LogP contribution is -2.47. The molecule has 1 aliphatic carbocycles. The van der Waals surface area contributed by atoms with Gasteiger partial charge in [-0.15, -0.1) is 0 Å². The molecule has 5 rings (SSSR count). The predicted octanol–water partition coefficient (Wildman–Crippen LogP) is 2.37. The minimum Gasteiger partial charge on any atom is -0.497 e. The van der Waals surface area contributed by atoms with Gasteiger partial charge in [-0.3, -0.25) is 9.69 Å². The van der Waals surface area contributed by atoms with Gasteiger partial charge in [-0.05, 0) is 55.1 Å². The Bertz CT molecular complexity index is 804. The maximum absolute atomic E-state index is 11.8. The number of hydrogen-bond acceptors (Lipinski definition) is 6. The molecule has 1 saturated heterocycles. The Labute approximate surface area is 152 Å². The van der Waals surface area contributed by atoms with Crippen LogP contribution in [0.1, 0.15) is 36.8 Å². The number of carbonyl (C=O) groups is 1. The highest BCUT2D eigenvalue weighted by atomic mass is 16.7. The molecular weight excluding hydrogens is 334 g/mol. The molecule has 0 saturated carbocycles. The summed E-state index contributed by atoms with van der Waals surface area (Å²) in [5.41, 5.74) is 2.27. The summed E-state index contributed by atoms with van der Waals surface area (Å²) in [6.07, 6.45) is 4.92. The molecule has 1 fully saturated rings. The van der Waals surface area contributed by atoms with Crippen LogP contribution in [0.15, 0.2) is 24.0 Å². The largest absolute Gasteiger partial charge is 0.497 e. The van der Waals surface area contributed by atoms with Crippen LogP contribution >= 0.6 is 0 Å². The standard InChI is InChI=1S/C20H23NO5/c1-12(22)26-19-17(23-2)10-20-5-3-6-21(20)7-4-13-8-15-16(25-11-24-15)9-14(13)18(19)20/h8-10,18-19H,3-7,11H2,1-2H3/t18-,19?,20+/m1/s1. The molecule has 26 heavy (non-hydrogen) atoms. The molecular formula is C20H23NO5. The van der Waals surface area contributed by atoms with E-state index in [2.05, 4.69) is 23.1 Å². The highest BCUT2D eigenvalue weighted by Crippen LogP contribution is 2.55. The van der Waals surface area contributed by atoms with Gasteiger partial charge in [0, 0.05) is 13.5 Å². The number of nitrogens with zero attached hydrogens (tertiary/aromatic N) is 1. The Morgan fingerprint density at radius 2 is 2.08 bits per heavy atom. The fraction of sp³-hybridized carbons (Fsp3) is 0.550. The van der Waals surface area contributed by atoms with Gasteiger partial charge in [0.15, 0.2) is 17.6 Å². The van der Waals surface area contributed by atoms with Crippen molar-refractivity contribution in [3.63, 3.8) is 0 Å². The second-order valence-corrected chi connectivity index (χ2v) is 7.49. The number of fused-ring (bicyclic) bond motifs is 3. The average Bonchev–Trinajstić information content (AvgIpc) is 3.28. The molecule has 6 heteroatoms. The SMILES string of the molecule is COC1=C[C@]23CCCN2CCc2cc4c(cc2[C@@H]3C1OC(C)=O)OCO4. The molecule has 1 aromatic carbocycles. The van der Waals surface area contributed by atoms with Crippen molar-refractivity contribution in [1.82, 2.24) is 4.90 Å². The third-order valence-corrected chi connectivity index (χ3v) is 6.26. The lowest BCUT2D eigenvalue weighted by molar-refractivity contribution is -0.147. The monoisotopic (exact) mass is 357 g/mol. The molecule has 3 heterocycles. The maximum atomic E-state index is 11.8. The van der Waals surface area contributed by atoms with Crippen LogP contribution in [0.5, 0.6) is 11.5 Å². The molecule has 1 unspecified atom stereocenters. The van der Waals surface area contributed by atoms with Crippen molar-refractivity contribution < 1.29 is 23.7 Å². The molecule has 0 bridgehead atoms. The molecule has 3 aliphatic heterocycles. The lowest BCUT2D eigenvalue weighted by atomic mass is 9.77. The van der Waals surface area contributed by atoms with Gasteiger partial charge < -0.3 is 18.9 Å². The van der Waals surface area contributed by atoms with Crippen molar-refractivity contribution in [2.75, 3.05) is 27.0 Å². The molecule has 0 aromatic heterocycles. The van der Waals surface area contributed by atoms with Crippen molar-refractivity contribution in [2.45, 2.75) is 43.7 Å². The van der Waals surface area contributed by atoms with E-state index in [4.69, 9.17) is 18.9 Å². The summed E-state index contributed by atoms with van der Waals surface area (Å²) in [5.74, 6) is 2.06. The fourth-order valence-electron chi connectivity index (χ4n) is 5.27. The third-order valence-electron chi connectivity index (χ3n) is 6.26. The molecule has 1 spiro atoms. The number of ether oxygens (including phenoxy) is 4. The van der Waals surface area contributed by atoms with Gasteiger partial charge in [0.2, 0.25) is 6.79 Å². The van der Waals surface area contributed by atoms with Crippen LogP contribution in [0.3, 0.4) is 0 Å². The van der Waals surface area contributed by atoms with Crippen LogP contribution in [0.25, 0.3) is 0 Å². The summed E-state index contributed by atoms with van der Waals surface area (Å²) in [4.78, 5) is 14.4. The zero-order chi connectivity index (χ0) is 17.9. The van der Waals surface area contributed by atoms with Crippen LogP contribution in [0.4, 0.5) is 0 Å². The van der Waals surface area contributed by atoms with E-state index >= 15 is 0 Å². The first kappa shape index (κ1) is 16.0. The second kappa shape index (κ2) is 5.64. The minimum atomic E-state index is -0.407. The van der Waals surface area contributed by atoms with Gasteiger partial charge in [0.25, 0.3) is 0 Å². The summed E-state index contributed by atoms with van der Waals surface area (Å²) >= 11 is 0. The summed E-state index contributed by atoms with van der Waals surface area (Å²) in [6, 6.07) is 4.19. The Morgan fingerprint density at radius 3 is 2.85 bits per heavy atom. The number of carbonyl (C=O) groups excluding carboxylic acids is 1. The number of hydrogen-bond donors (Lipinski definition) is 0. The molecule has 0 amide bonds. The van der Waals surface area contributed by atoms with E-state index in [1.165, 1.54) is 18.1 Å². The molecule has 138 valence electrons. The van der Waals surface area contributed by atoms with E-state index in [1.807, 2.05) is 0 Å². The van der Waals surface area contributed by atoms with E-state index in [0.717, 1.165) is 49.6 Å². The van der Waals surface area contributed by atoms with Gasteiger partial charge in [-0.1, -0.05) is 0 Å². The smallest absolute Gasteiger partial charge is 0.303 e. The Balaban J connectivity index is 1.69. The van der Waals surface area contributed by atoms with E-state index < -0.39 is 6.10 Å². The van der Waals surface area contributed by atoms with Crippen LogP contribution in [0.2, 0.25) is 0 Å². The van der Waals surface area contributed by atoms with Crippen molar-refractivity contribution in [3.05, 3.63) is 35.1 Å². The van der Waals surface area contributed by atoms with Gasteiger partial charge in [0.05, 0.1) is 18.6 Å². The van der Waals surface area contributed by atoms with E-state index in [-0.39, 0.29) is 24.2 Å². The van der Waals surface area contributed by atoms with Crippen molar-refractivity contribution in [3.8, 4) is 11.5 Å². The van der Waals surface area contributed by atoms with Crippen LogP contribution < -0.4 is 9.47 Å². The normalized spacial score (nSPS) is 31.5. The van der Waals surface area contributed by atoms with Crippen LogP contribution in [-0.4, -0.2) is 49.5 Å². The molecule has 6 nitrogen and oxygen atoms in total. The number of benzene rings is 1. The lowest BCUT2D eigenvalue weighted by Gasteiger charge is -2.39. The fourth-order valence-corrected chi connectivity index (χ4v) is 5.27. The zero-order valence-electron chi connectivity index (χ0n) is 15.1. The average molecular weight is 357 g/mol. The zero-order valence-corrected chi connectivity index (χ0v) is 15.1. The Morgan fingerprint density at radius 1 is 1.27 bits per heavy atom. The quantitative estimate of drug-likeness (QED) is 0.758. The highest BCUT2D eigenvalue weighted by Gasteiger charge is 2.58.